The number of benzene rings is 4. The molecule has 392 valence electrons. The highest BCUT2D eigenvalue weighted by atomic mass is 35.5. The molecule has 0 radical (unpaired) electrons. The van der Waals surface area contributed by atoms with Gasteiger partial charge in [0.2, 0.25) is 17.3 Å². The van der Waals surface area contributed by atoms with Crippen LogP contribution in [0.4, 0.5) is 4.39 Å². The average Bonchev–Trinajstić information content (AvgIpc) is 2.90. The Bertz CT molecular complexity index is 4690. The second-order valence-electron chi connectivity index (χ2n) is 17.2. The molecule has 25 heteroatoms. The minimum Gasteiger partial charge on any atom is -0.391 e. The number of oxime groups is 1. The van der Waals surface area contributed by atoms with Gasteiger partial charge in [0.05, 0.1) is 10.0 Å². The molecule has 8 aromatic rings. The second kappa shape index (κ2) is 22.8. The summed E-state index contributed by atoms with van der Waals surface area (Å²) in [7, 11) is 0. The number of nitriles is 8. The third-order valence-electron chi connectivity index (χ3n) is 12.6. The number of aromatic nitrogens is 8. The van der Waals surface area contributed by atoms with Crippen LogP contribution in [0.25, 0.3) is 45.0 Å². The summed E-state index contributed by atoms with van der Waals surface area (Å²) in [4.78, 5) is 74.4. The molecule has 0 amide bonds. The number of aryl methyl sites for hydroxylation is 1. The van der Waals surface area contributed by atoms with Gasteiger partial charge in [-0.3, -0.25) is 14.4 Å². The summed E-state index contributed by atoms with van der Waals surface area (Å²) in [6.45, 7) is 7.30. The van der Waals surface area contributed by atoms with Crippen LogP contribution >= 0.6 is 34.8 Å². The van der Waals surface area contributed by atoms with Crippen LogP contribution in [0, 0.1) is 103 Å². The standard InChI is InChI=1S/C16H8ClN5O.C15H8N4O.C14H5FN4O.C13H2Cl2N4O/c1-2-5-23-22-15-10-4-3-9(17)6-11(10)14-16(15)21-13(8-19)12(7-18)20-14;1-2-8-3-4-9-10(5-8)13-14(15(9)20)19-12(7-17)11(6-16)18-13;1-6-8(15)3-2-7-11(6)14(20)13-12(7)18-9(4-16)10(5-17)19-13;14-7-1-5-6(2-8(7)15)13(20)12-11(5)18-9(3-16)10(4-17)19-12/h2-4,6H,1,5H2;3-5H,2H2,1H3;2-3H,1H3;1-2H. The van der Waals surface area contributed by atoms with Crippen LogP contribution in [0.2, 0.25) is 15.1 Å². The molecule has 12 rings (SSSR count). The van der Waals surface area contributed by atoms with Crippen molar-refractivity contribution < 1.29 is 23.6 Å². The van der Waals surface area contributed by atoms with Gasteiger partial charge in [0.25, 0.3) is 0 Å². The zero-order chi connectivity index (χ0) is 59.6. The van der Waals surface area contributed by atoms with Gasteiger partial charge in [-0.05, 0) is 66.9 Å². The first-order valence-electron chi connectivity index (χ1n) is 23.6. The minimum absolute atomic E-state index is 0.00995. The Kier molecular flexibility index (Phi) is 15.4. The maximum absolute atomic E-state index is 13.6. The normalized spacial score (nSPS) is 11.9. The monoisotopic (exact) mass is 1150 g/mol. The van der Waals surface area contributed by atoms with Crippen molar-refractivity contribution in [3.8, 4) is 93.6 Å². The molecule has 4 heterocycles. The van der Waals surface area contributed by atoms with E-state index in [0.717, 1.165) is 17.5 Å². The Hall–Kier alpha value is -11.9. The topological polar surface area (TPSA) is 366 Å². The minimum atomic E-state index is -0.495. The van der Waals surface area contributed by atoms with Crippen molar-refractivity contribution in [3.05, 3.63) is 196 Å². The highest BCUT2D eigenvalue weighted by Gasteiger charge is 2.36. The number of hydrogen-bond acceptors (Lipinski definition) is 21. The van der Waals surface area contributed by atoms with Crippen LogP contribution in [-0.4, -0.2) is 69.5 Å². The van der Waals surface area contributed by atoms with Crippen molar-refractivity contribution in [3.63, 3.8) is 0 Å². The van der Waals surface area contributed by atoms with Gasteiger partial charge in [0, 0.05) is 49.5 Å². The van der Waals surface area contributed by atoms with Crippen molar-refractivity contribution in [2.75, 3.05) is 6.61 Å². The fourth-order valence-electron chi connectivity index (χ4n) is 8.74. The van der Waals surface area contributed by atoms with Crippen LogP contribution in [0.3, 0.4) is 0 Å². The number of ketones is 3. The summed E-state index contributed by atoms with van der Waals surface area (Å²) in [6.07, 6.45) is 2.40. The Morgan fingerprint density at radius 2 is 0.880 bits per heavy atom. The summed E-state index contributed by atoms with van der Waals surface area (Å²) in [6, 6.07) is 30.7. The lowest BCUT2D eigenvalue weighted by Crippen LogP contribution is -2.06. The van der Waals surface area contributed by atoms with Gasteiger partial charge in [-0.2, -0.15) is 42.1 Å². The summed E-state index contributed by atoms with van der Waals surface area (Å²) in [5.74, 6) is -1.60. The van der Waals surface area contributed by atoms with Crippen LogP contribution in [0.15, 0.2) is 78.5 Å². The predicted octanol–water partition coefficient (Wildman–Crippen LogP) is 9.42. The third-order valence-corrected chi connectivity index (χ3v) is 13.5. The van der Waals surface area contributed by atoms with Gasteiger partial charge in [-0.1, -0.05) is 77.7 Å². The van der Waals surface area contributed by atoms with E-state index in [9.17, 15) is 18.8 Å². The van der Waals surface area contributed by atoms with E-state index in [2.05, 4.69) is 51.6 Å². The molecule has 0 atom stereocenters. The summed E-state index contributed by atoms with van der Waals surface area (Å²) < 4.78 is 13.6. The quantitative estimate of drug-likeness (QED) is 0.0898. The van der Waals surface area contributed by atoms with Gasteiger partial charge in [0.15, 0.2) is 45.6 Å². The van der Waals surface area contributed by atoms with Gasteiger partial charge in [-0.25, -0.2) is 44.3 Å². The summed E-state index contributed by atoms with van der Waals surface area (Å²) in [5, 5.41) is 77.0. The summed E-state index contributed by atoms with van der Waals surface area (Å²) in [5.41, 5.74) is 6.80. The van der Waals surface area contributed by atoms with E-state index < -0.39 is 11.6 Å². The van der Waals surface area contributed by atoms with Gasteiger partial charge in [-0.15, -0.1) is 0 Å². The lowest BCUT2D eigenvalue weighted by atomic mass is 10.0. The molecule has 0 spiro atoms. The maximum atomic E-state index is 13.6. The molecule has 0 aliphatic heterocycles. The van der Waals surface area contributed by atoms with E-state index in [-0.39, 0.29) is 113 Å². The van der Waals surface area contributed by atoms with Crippen LogP contribution in [-0.2, 0) is 11.3 Å². The molecule has 21 nitrogen and oxygen atoms in total. The summed E-state index contributed by atoms with van der Waals surface area (Å²) >= 11 is 17.9. The lowest BCUT2D eigenvalue weighted by Gasteiger charge is -2.02. The fourth-order valence-corrected chi connectivity index (χ4v) is 9.23. The van der Waals surface area contributed by atoms with Crippen molar-refractivity contribution in [2.45, 2.75) is 20.3 Å². The van der Waals surface area contributed by atoms with Crippen molar-refractivity contribution >= 4 is 57.9 Å². The zero-order valence-electron chi connectivity index (χ0n) is 42.2. The highest BCUT2D eigenvalue weighted by Crippen LogP contribution is 2.41. The first kappa shape index (κ1) is 55.9. The fraction of sp³-hybridized carbons (Fsp3) is 0.0690. The average molecular weight is 1150 g/mol. The molecule has 0 saturated heterocycles. The van der Waals surface area contributed by atoms with E-state index >= 15 is 0 Å². The molecule has 83 heavy (non-hydrogen) atoms. The van der Waals surface area contributed by atoms with Crippen molar-refractivity contribution in [2.24, 2.45) is 5.16 Å². The van der Waals surface area contributed by atoms with Crippen molar-refractivity contribution in [1.82, 2.24) is 39.9 Å². The molecule has 0 unspecified atom stereocenters. The Balaban J connectivity index is 0.000000133. The number of fused-ring (bicyclic) bond motifs is 12. The number of halogens is 4. The molecule has 0 saturated carbocycles. The molecular weight excluding hydrogens is 1120 g/mol. The van der Waals surface area contributed by atoms with Gasteiger partial charge < -0.3 is 4.84 Å². The first-order valence-corrected chi connectivity index (χ1v) is 24.7. The number of rotatable bonds is 4. The smallest absolute Gasteiger partial charge is 0.214 e. The number of carbonyl (C=O) groups excluding carboxylic acids is 3. The van der Waals surface area contributed by atoms with Crippen LogP contribution in [0.5, 0.6) is 0 Å². The molecule has 0 fully saturated rings. The molecule has 0 N–H and O–H groups in total. The molecule has 4 aromatic heterocycles. The van der Waals surface area contributed by atoms with E-state index in [1.54, 1.807) is 60.7 Å². The van der Waals surface area contributed by atoms with E-state index in [1.807, 2.05) is 37.3 Å². The SMILES string of the molecule is C=CCON=C1c2ccc(Cl)cc2-c2nc(C#N)c(C#N)nc21.CCc1ccc2c(c1)-c1nc(C#N)c(C#N)nc1C2=O.Cc1c(F)ccc2c1C(=O)c1nc(C#N)c(C#N)nc1-2.N#Cc1nc2c(nc1C#N)-c1cc(Cl)c(Cl)cc1C2=O. The maximum Gasteiger partial charge on any atom is 0.214 e. The van der Waals surface area contributed by atoms with Crippen LogP contribution in [0.1, 0.15) is 123 Å². The lowest BCUT2D eigenvalue weighted by molar-refractivity contribution is 0.103. The molecular formula is C58H23Cl3FN17O4. The Labute approximate surface area is 482 Å². The predicted molar refractivity (Wildman–Crippen MR) is 289 cm³/mol. The van der Waals surface area contributed by atoms with Crippen molar-refractivity contribution in [1.29, 1.82) is 42.1 Å². The largest absolute Gasteiger partial charge is 0.391 e. The number of carbonyl (C=O) groups is 3. The second-order valence-corrected chi connectivity index (χ2v) is 18.5. The van der Waals surface area contributed by atoms with E-state index in [0.29, 0.717) is 61.2 Å². The number of hydrogen-bond donors (Lipinski definition) is 0. The Morgan fingerprint density at radius 1 is 0.494 bits per heavy atom. The number of nitrogens with zero attached hydrogens (tertiary/aromatic N) is 17. The Morgan fingerprint density at radius 3 is 1.36 bits per heavy atom. The molecule has 4 aliphatic carbocycles. The molecule has 0 bridgehead atoms. The third kappa shape index (κ3) is 9.82. The van der Waals surface area contributed by atoms with E-state index in [4.69, 9.17) is 81.7 Å². The first-order chi connectivity index (χ1) is 40.0. The molecule has 4 aliphatic rings. The van der Waals surface area contributed by atoms with Gasteiger partial charge >= 0.3 is 0 Å². The zero-order valence-corrected chi connectivity index (χ0v) is 44.5. The molecule has 4 aromatic carbocycles. The van der Waals surface area contributed by atoms with E-state index in [1.165, 1.54) is 31.2 Å². The highest BCUT2D eigenvalue weighted by molar-refractivity contribution is 6.43. The van der Waals surface area contributed by atoms with Crippen LogP contribution < -0.4 is 0 Å². The van der Waals surface area contributed by atoms with Gasteiger partial charge in [0.1, 0.15) is 112 Å².